The molecular formula is C28H36FN7O4S. The number of hydrogen-bond acceptors (Lipinski definition) is 8. The van der Waals surface area contributed by atoms with Gasteiger partial charge in [0.15, 0.2) is 5.82 Å². The summed E-state index contributed by atoms with van der Waals surface area (Å²) in [5, 5.41) is 8.53. The first kappa shape index (κ1) is 30.0. The van der Waals surface area contributed by atoms with Gasteiger partial charge in [0.2, 0.25) is 5.88 Å². The van der Waals surface area contributed by atoms with Gasteiger partial charge in [0.25, 0.3) is 15.9 Å². The normalized spacial score (nSPS) is 16.8. The summed E-state index contributed by atoms with van der Waals surface area (Å²) in [6.45, 7) is 11.6. The molecule has 1 aliphatic rings. The van der Waals surface area contributed by atoms with Crippen LogP contribution >= 0.6 is 0 Å². The van der Waals surface area contributed by atoms with Crippen molar-refractivity contribution in [2.24, 2.45) is 18.4 Å². The highest BCUT2D eigenvalue weighted by Gasteiger charge is 2.39. The third-order valence-electron chi connectivity index (χ3n) is 6.79. The molecule has 0 unspecified atom stereocenters. The van der Waals surface area contributed by atoms with E-state index >= 15 is 0 Å². The van der Waals surface area contributed by atoms with Crippen LogP contribution < -0.4 is 14.4 Å². The number of nitrogens with one attached hydrogen (secondary N) is 1. The summed E-state index contributed by atoms with van der Waals surface area (Å²) in [5.74, 6) is 5.90. The monoisotopic (exact) mass is 585 g/mol. The summed E-state index contributed by atoms with van der Waals surface area (Å²) in [6, 6.07) is 4.82. The molecule has 0 aromatic carbocycles. The molecule has 0 radical (unpaired) electrons. The zero-order valence-electron chi connectivity index (χ0n) is 24.4. The average Bonchev–Trinajstić information content (AvgIpc) is 3.57. The van der Waals surface area contributed by atoms with Crippen LogP contribution in [0.3, 0.4) is 0 Å². The molecule has 4 rings (SSSR count). The molecule has 3 aromatic heterocycles. The van der Waals surface area contributed by atoms with Gasteiger partial charge in [-0.15, -0.1) is 5.10 Å². The molecule has 11 nitrogen and oxygen atoms in total. The van der Waals surface area contributed by atoms with E-state index < -0.39 is 28.0 Å². The first-order valence-electron chi connectivity index (χ1n) is 13.2. The molecule has 0 spiro atoms. The number of sulfonamides is 1. The van der Waals surface area contributed by atoms with Crippen molar-refractivity contribution in [3.05, 3.63) is 41.9 Å². The van der Waals surface area contributed by atoms with Crippen molar-refractivity contribution in [1.29, 1.82) is 0 Å². The largest absolute Gasteiger partial charge is 0.475 e. The molecule has 0 saturated carbocycles. The molecule has 1 N–H and O–H groups in total. The fourth-order valence-corrected chi connectivity index (χ4v) is 6.24. The van der Waals surface area contributed by atoms with E-state index in [4.69, 9.17) is 9.72 Å². The molecule has 4 heterocycles. The lowest BCUT2D eigenvalue weighted by Gasteiger charge is -2.34. The van der Waals surface area contributed by atoms with Crippen LogP contribution in [0, 0.1) is 30.1 Å². The Morgan fingerprint density at radius 1 is 1.27 bits per heavy atom. The smallest absolute Gasteiger partial charge is 0.268 e. The summed E-state index contributed by atoms with van der Waals surface area (Å²) in [5.41, 5.74) is -0.490. The van der Waals surface area contributed by atoms with Crippen molar-refractivity contribution in [2.75, 3.05) is 24.7 Å². The van der Waals surface area contributed by atoms with Crippen molar-refractivity contribution in [3.63, 3.8) is 0 Å². The van der Waals surface area contributed by atoms with Gasteiger partial charge < -0.3 is 9.64 Å². The highest BCUT2D eigenvalue weighted by Crippen LogP contribution is 2.37. The summed E-state index contributed by atoms with van der Waals surface area (Å²) < 4.78 is 49.5. The molecular weight excluding hydrogens is 549 g/mol. The number of aryl methyl sites for hydroxylation is 2. The molecule has 0 bridgehead atoms. The van der Waals surface area contributed by atoms with Crippen molar-refractivity contribution in [3.8, 4) is 23.5 Å². The minimum Gasteiger partial charge on any atom is -0.475 e. The van der Waals surface area contributed by atoms with E-state index in [2.05, 4.69) is 47.5 Å². The molecule has 41 heavy (non-hydrogen) atoms. The fourth-order valence-electron chi connectivity index (χ4n) is 5.06. The maximum Gasteiger partial charge on any atom is 0.268 e. The summed E-state index contributed by atoms with van der Waals surface area (Å²) >= 11 is 0. The number of anilines is 1. The van der Waals surface area contributed by atoms with Gasteiger partial charge in [-0.3, -0.25) is 9.48 Å². The highest BCUT2D eigenvalue weighted by atomic mass is 32.2. The lowest BCUT2D eigenvalue weighted by atomic mass is 9.96. The van der Waals surface area contributed by atoms with Gasteiger partial charge in [-0.2, -0.15) is 5.10 Å². The third-order valence-corrected chi connectivity index (χ3v) is 8.23. The first-order chi connectivity index (χ1) is 19.1. The Morgan fingerprint density at radius 3 is 2.61 bits per heavy atom. The standard InChI is InChI=1S/C28H36FN7O4S/c1-19-15-28(5,6)35(16-19)25-21(26(37)33-41(38,39)22-17-34(7)31-20(22)2)9-10-23(30-25)36-14-11-24(32-36)40-18-27(3,4)12-8-13-29/h9-11,14,17,19H,13,15-16,18H2,1-7H3,(H,33,37)/t19-/m0/s1. The molecule has 0 aliphatic carbocycles. The Bertz CT molecular complexity index is 1620. The number of nitrogens with zero attached hydrogens (tertiary/aromatic N) is 6. The SMILES string of the molecule is Cc1nn(C)cc1S(=O)(=O)NC(=O)c1ccc(-n2ccc(OCC(C)(C)C#CCF)n2)nc1N1C[C@@H](C)CC1(C)C. The minimum atomic E-state index is -4.17. The average molecular weight is 586 g/mol. The number of halogens is 1. The Labute approximate surface area is 240 Å². The molecule has 13 heteroatoms. The van der Waals surface area contributed by atoms with Gasteiger partial charge in [0.05, 0.1) is 16.7 Å². The fraction of sp³-hybridized carbons (Fsp3) is 0.500. The number of ether oxygens (including phenoxy) is 1. The highest BCUT2D eigenvalue weighted by molar-refractivity contribution is 7.90. The van der Waals surface area contributed by atoms with Crippen LogP contribution in [0.2, 0.25) is 0 Å². The van der Waals surface area contributed by atoms with Gasteiger partial charge in [-0.1, -0.05) is 18.8 Å². The second kappa shape index (κ2) is 11.2. The number of carbonyl (C=O) groups excluding carboxylic acids is 1. The van der Waals surface area contributed by atoms with E-state index in [1.54, 1.807) is 38.4 Å². The maximum atomic E-state index is 13.5. The zero-order chi connectivity index (χ0) is 30.2. The van der Waals surface area contributed by atoms with Crippen LogP contribution in [-0.4, -0.2) is 64.2 Å². The molecule has 3 aromatic rings. The molecule has 1 atom stereocenters. The van der Waals surface area contributed by atoms with Gasteiger partial charge in [-0.25, -0.2) is 27.2 Å². The van der Waals surface area contributed by atoms with Crippen LogP contribution in [0.1, 0.15) is 57.1 Å². The number of rotatable bonds is 8. The van der Waals surface area contributed by atoms with E-state index in [9.17, 15) is 17.6 Å². The lowest BCUT2D eigenvalue weighted by Crippen LogP contribution is -2.41. The van der Waals surface area contributed by atoms with Crippen molar-refractivity contribution < 1.29 is 22.3 Å². The Kier molecular flexibility index (Phi) is 8.18. The Balaban J connectivity index is 1.67. The van der Waals surface area contributed by atoms with Crippen LogP contribution in [-0.2, 0) is 17.1 Å². The van der Waals surface area contributed by atoms with E-state index in [1.807, 2.05) is 18.7 Å². The van der Waals surface area contributed by atoms with Crippen molar-refractivity contribution >= 4 is 21.7 Å². The molecule has 1 amide bonds. The number of alkyl halides is 1. The molecule has 1 aliphatic heterocycles. The summed E-state index contributed by atoms with van der Waals surface area (Å²) in [7, 11) is -2.56. The Hall–Kier alpha value is -3.92. The molecule has 1 fully saturated rings. The molecule has 1 saturated heterocycles. The number of aromatic nitrogens is 5. The van der Waals surface area contributed by atoms with Crippen molar-refractivity contribution in [2.45, 2.75) is 58.4 Å². The van der Waals surface area contributed by atoms with Crippen LogP contribution in [0.4, 0.5) is 10.2 Å². The number of pyridine rings is 1. The van der Waals surface area contributed by atoms with Crippen molar-refractivity contribution in [1.82, 2.24) is 29.3 Å². The number of amides is 1. The van der Waals surface area contributed by atoms with Gasteiger partial charge in [-0.05, 0) is 59.1 Å². The number of carbonyl (C=O) groups is 1. The van der Waals surface area contributed by atoms with E-state index in [1.165, 1.54) is 15.6 Å². The number of hydrogen-bond donors (Lipinski definition) is 1. The van der Waals surface area contributed by atoms with Gasteiger partial charge >= 0.3 is 0 Å². The van der Waals surface area contributed by atoms with E-state index in [-0.39, 0.29) is 28.3 Å². The lowest BCUT2D eigenvalue weighted by molar-refractivity contribution is 0.0981. The predicted molar refractivity (Wildman–Crippen MR) is 152 cm³/mol. The molecule has 220 valence electrons. The zero-order valence-corrected chi connectivity index (χ0v) is 25.2. The second-order valence-corrected chi connectivity index (χ2v) is 13.3. The minimum absolute atomic E-state index is 0.0717. The van der Waals surface area contributed by atoms with Gasteiger partial charge in [0.1, 0.15) is 24.0 Å². The maximum absolute atomic E-state index is 13.5. The van der Waals surface area contributed by atoms with E-state index in [0.29, 0.717) is 30.0 Å². The third kappa shape index (κ3) is 6.70. The quantitative estimate of drug-likeness (QED) is 0.399. The predicted octanol–water partition coefficient (Wildman–Crippen LogP) is 3.43. The van der Waals surface area contributed by atoms with Crippen LogP contribution in [0.15, 0.2) is 35.5 Å². The van der Waals surface area contributed by atoms with Crippen LogP contribution in [0.25, 0.3) is 5.82 Å². The summed E-state index contributed by atoms with van der Waals surface area (Å²) in [6.07, 6.45) is 3.90. The van der Waals surface area contributed by atoms with Crippen LogP contribution in [0.5, 0.6) is 5.88 Å². The van der Waals surface area contributed by atoms with Gasteiger partial charge in [0, 0.05) is 37.6 Å². The second-order valence-electron chi connectivity index (χ2n) is 11.7. The first-order valence-corrected chi connectivity index (χ1v) is 14.7. The van der Waals surface area contributed by atoms with E-state index in [0.717, 1.165) is 6.42 Å². The summed E-state index contributed by atoms with van der Waals surface area (Å²) in [4.78, 5) is 20.2. The Morgan fingerprint density at radius 2 is 2.00 bits per heavy atom. The topological polar surface area (TPSA) is 124 Å².